The molecule has 0 aromatic heterocycles. The van der Waals surface area contributed by atoms with Gasteiger partial charge in [-0.2, -0.15) is 4.31 Å². The Kier molecular flexibility index (Phi) is 6.83. The van der Waals surface area contributed by atoms with Gasteiger partial charge in [0, 0.05) is 18.5 Å². The molecule has 0 aliphatic carbocycles. The van der Waals surface area contributed by atoms with Crippen molar-refractivity contribution in [3.8, 4) is 0 Å². The Balaban J connectivity index is 1.90. The van der Waals surface area contributed by atoms with E-state index in [1.807, 2.05) is 69.3 Å². The molecule has 1 atom stereocenters. The minimum absolute atomic E-state index is 0.00612. The number of aryl methyl sites for hydroxylation is 3. The van der Waals surface area contributed by atoms with E-state index in [4.69, 9.17) is 0 Å². The van der Waals surface area contributed by atoms with Gasteiger partial charge in [-0.3, -0.25) is 4.74 Å². The summed E-state index contributed by atoms with van der Waals surface area (Å²) in [6.07, 6.45) is -6.30. The first-order valence-corrected chi connectivity index (χ1v) is 12.8. The van der Waals surface area contributed by atoms with Gasteiger partial charge < -0.3 is 0 Å². The molecule has 4 nitrogen and oxygen atoms in total. The van der Waals surface area contributed by atoms with Crippen LogP contribution in [0.5, 0.6) is 0 Å². The maximum absolute atomic E-state index is 13.7. The topological polar surface area (TPSA) is 46.6 Å². The first-order valence-electron chi connectivity index (χ1n) is 11.3. The molecular formula is C27H28F3NO3S. The lowest BCUT2D eigenvalue weighted by molar-refractivity contribution is -0.346. The minimum Gasteiger partial charge on any atom is -0.287 e. The van der Waals surface area contributed by atoms with Gasteiger partial charge in [-0.15, -0.1) is 13.2 Å². The van der Waals surface area contributed by atoms with E-state index in [9.17, 15) is 21.6 Å². The minimum atomic E-state index is -4.90. The Hall–Kier alpha value is -2.68. The molecule has 1 aliphatic heterocycles. The first-order chi connectivity index (χ1) is 16.4. The summed E-state index contributed by atoms with van der Waals surface area (Å²) in [4.78, 5) is 0.0399. The van der Waals surface area contributed by atoms with Gasteiger partial charge in [0.1, 0.15) is 0 Å². The average Bonchev–Trinajstić information content (AvgIpc) is 2.78. The molecule has 0 radical (unpaired) electrons. The van der Waals surface area contributed by atoms with Gasteiger partial charge in [0.05, 0.1) is 11.0 Å². The van der Waals surface area contributed by atoms with E-state index in [0.29, 0.717) is 0 Å². The van der Waals surface area contributed by atoms with Crippen LogP contribution in [0.1, 0.15) is 34.2 Å². The number of hydrogen-bond donors (Lipinski definition) is 0. The molecule has 186 valence electrons. The van der Waals surface area contributed by atoms with Crippen molar-refractivity contribution in [2.45, 2.75) is 50.0 Å². The van der Waals surface area contributed by atoms with Crippen LogP contribution < -0.4 is 0 Å². The van der Waals surface area contributed by atoms with Crippen molar-refractivity contribution < 1.29 is 26.3 Å². The maximum Gasteiger partial charge on any atom is 0.522 e. The van der Waals surface area contributed by atoms with Gasteiger partial charge >= 0.3 is 6.36 Å². The van der Waals surface area contributed by atoms with Crippen molar-refractivity contribution >= 4 is 10.0 Å². The van der Waals surface area contributed by atoms with Crippen LogP contribution in [0.4, 0.5) is 13.2 Å². The van der Waals surface area contributed by atoms with Gasteiger partial charge in [0.15, 0.2) is 0 Å². The fourth-order valence-electron chi connectivity index (χ4n) is 4.89. The van der Waals surface area contributed by atoms with E-state index < -0.39 is 34.4 Å². The molecule has 1 heterocycles. The third-order valence-electron chi connectivity index (χ3n) is 6.53. The number of halogens is 3. The van der Waals surface area contributed by atoms with Crippen LogP contribution in [0.2, 0.25) is 0 Å². The molecule has 0 bridgehead atoms. The zero-order valence-corrected chi connectivity index (χ0v) is 20.7. The number of nitrogens with zero attached hydrogens (tertiary/aromatic N) is 1. The Bertz CT molecular complexity index is 1260. The summed E-state index contributed by atoms with van der Waals surface area (Å²) in [5.41, 5.74) is 3.21. The number of piperidine rings is 1. The number of sulfonamides is 1. The number of ether oxygens (including phenoxy) is 1. The summed E-state index contributed by atoms with van der Waals surface area (Å²) in [7, 11) is -4.09. The van der Waals surface area contributed by atoms with Crippen LogP contribution in [-0.2, 0) is 20.2 Å². The van der Waals surface area contributed by atoms with E-state index >= 15 is 0 Å². The third kappa shape index (κ3) is 5.44. The summed E-state index contributed by atoms with van der Waals surface area (Å²) in [5, 5.41) is 0. The van der Waals surface area contributed by atoms with Gasteiger partial charge in [0.2, 0.25) is 10.0 Å². The van der Waals surface area contributed by atoms with Gasteiger partial charge in [0.25, 0.3) is 0 Å². The quantitative estimate of drug-likeness (QED) is 0.436. The van der Waals surface area contributed by atoms with E-state index in [-0.39, 0.29) is 17.9 Å². The summed E-state index contributed by atoms with van der Waals surface area (Å²) in [6.45, 7) is 5.25. The Morgan fingerprint density at radius 2 is 1.40 bits per heavy atom. The highest BCUT2D eigenvalue weighted by Gasteiger charge is 2.49. The van der Waals surface area contributed by atoms with Crippen LogP contribution in [0, 0.1) is 20.8 Å². The summed E-state index contributed by atoms with van der Waals surface area (Å²) in [6, 6.07) is 21.3. The molecule has 3 aromatic rings. The normalized spacial score (nSPS) is 19.0. The molecule has 0 unspecified atom stereocenters. The maximum atomic E-state index is 13.7. The van der Waals surface area contributed by atoms with Crippen molar-refractivity contribution in [3.05, 3.63) is 101 Å². The lowest BCUT2D eigenvalue weighted by Crippen LogP contribution is -2.55. The number of hydrogen-bond acceptors (Lipinski definition) is 3. The number of alkyl halides is 3. The second-order valence-electron chi connectivity index (χ2n) is 9.32. The third-order valence-corrected chi connectivity index (χ3v) is 8.36. The molecule has 1 saturated heterocycles. The van der Waals surface area contributed by atoms with Gasteiger partial charge in [-0.05, 0) is 50.5 Å². The zero-order valence-electron chi connectivity index (χ0n) is 19.8. The molecule has 0 saturated carbocycles. The van der Waals surface area contributed by atoms with Crippen LogP contribution in [0.15, 0.2) is 77.7 Å². The molecule has 3 aromatic carbocycles. The zero-order chi connectivity index (χ0) is 25.4. The standard InChI is InChI=1S/C27H28F3NO3S/c1-19-10-12-25(13-11-19)35(32,33)31-17-24(34-27(28,29)30)16-26(18-31,22-8-4-6-20(2)14-22)23-9-5-7-21(3)15-23/h4-15,24H,16-18H2,1-3H3/t24-/m1/s1. The van der Waals surface area contributed by atoms with E-state index in [2.05, 4.69) is 4.74 Å². The monoisotopic (exact) mass is 503 g/mol. The first kappa shape index (κ1) is 25.4. The SMILES string of the molecule is Cc1ccc(S(=O)(=O)N2C[C@H](OC(F)(F)F)CC(c3cccc(C)c3)(c3cccc(C)c3)C2)cc1. The van der Waals surface area contributed by atoms with Crippen molar-refractivity contribution in [2.75, 3.05) is 13.1 Å². The number of benzene rings is 3. The van der Waals surface area contributed by atoms with Crippen LogP contribution in [0.3, 0.4) is 0 Å². The molecule has 8 heteroatoms. The molecule has 0 spiro atoms. The van der Waals surface area contributed by atoms with Crippen LogP contribution in [0.25, 0.3) is 0 Å². The van der Waals surface area contributed by atoms with Gasteiger partial charge in [-0.25, -0.2) is 8.42 Å². The van der Waals surface area contributed by atoms with E-state index in [1.54, 1.807) is 12.1 Å². The summed E-state index contributed by atoms with van der Waals surface area (Å²) < 4.78 is 73.3. The Morgan fingerprint density at radius 1 is 0.857 bits per heavy atom. The van der Waals surface area contributed by atoms with Crippen molar-refractivity contribution in [1.29, 1.82) is 0 Å². The molecule has 1 fully saturated rings. The molecule has 0 amide bonds. The largest absolute Gasteiger partial charge is 0.522 e. The highest BCUT2D eigenvalue weighted by molar-refractivity contribution is 7.89. The van der Waals surface area contributed by atoms with Crippen LogP contribution in [-0.4, -0.2) is 38.3 Å². The molecular weight excluding hydrogens is 475 g/mol. The fourth-order valence-corrected chi connectivity index (χ4v) is 6.42. The van der Waals surface area contributed by atoms with E-state index in [0.717, 1.165) is 32.1 Å². The van der Waals surface area contributed by atoms with Crippen molar-refractivity contribution in [1.82, 2.24) is 4.31 Å². The average molecular weight is 504 g/mol. The van der Waals surface area contributed by atoms with Crippen molar-refractivity contribution in [2.24, 2.45) is 0 Å². The smallest absolute Gasteiger partial charge is 0.287 e. The predicted molar refractivity (Wildman–Crippen MR) is 129 cm³/mol. The predicted octanol–water partition coefficient (Wildman–Crippen LogP) is 5.90. The van der Waals surface area contributed by atoms with E-state index in [1.165, 1.54) is 12.1 Å². The summed E-state index contributed by atoms with van der Waals surface area (Å²) in [5.74, 6) is 0. The van der Waals surface area contributed by atoms with Crippen molar-refractivity contribution in [3.63, 3.8) is 0 Å². The second-order valence-corrected chi connectivity index (χ2v) is 11.3. The summed E-state index contributed by atoms with van der Waals surface area (Å²) >= 11 is 0. The molecule has 1 aliphatic rings. The molecule has 35 heavy (non-hydrogen) atoms. The van der Waals surface area contributed by atoms with Gasteiger partial charge in [-0.1, -0.05) is 77.4 Å². The lowest BCUT2D eigenvalue weighted by atomic mass is 9.68. The van der Waals surface area contributed by atoms with Crippen LogP contribution >= 0.6 is 0 Å². The fraction of sp³-hybridized carbons (Fsp3) is 0.333. The highest BCUT2D eigenvalue weighted by atomic mass is 32.2. The lowest BCUT2D eigenvalue weighted by Gasteiger charge is -2.46. The second kappa shape index (κ2) is 9.41. The Morgan fingerprint density at radius 3 is 1.89 bits per heavy atom. The number of rotatable bonds is 5. The Labute approximate surface area is 204 Å². The highest BCUT2D eigenvalue weighted by Crippen LogP contribution is 2.44. The molecule has 0 N–H and O–H groups in total. The molecule has 4 rings (SSSR count).